The van der Waals surface area contributed by atoms with Gasteiger partial charge in [-0.25, -0.2) is 9.78 Å². The third-order valence-corrected chi connectivity index (χ3v) is 4.30. The predicted octanol–water partition coefficient (Wildman–Crippen LogP) is 3.56. The number of benzene rings is 1. The minimum atomic E-state index is -0.351. The zero-order valence-electron chi connectivity index (χ0n) is 15.5. The quantitative estimate of drug-likeness (QED) is 0.407. The number of aryl methyl sites for hydroxylation is 1. The molecule has 0 radical (unpaired) electrons. The lowest BCUT2D eigenvalue weighted by Crippen LogP contribution is -2.16. The first-order valence-electron chi connectivity index (χ1n) is 9.09. The lowest BCUT2D eigenvalue weighted by atomic mass is 10.1. The molecule has 0 fully saturated rings. The van der Waals surface area contributed by atoms with E-state index in [-0.39, 0.29) is 5.97 Å². The lowest BCUT2D eigenvalue weighted by Gasteiger charge is -2.09. The Balaban J connectivity index is 2.25. The van der Waals surface area contributed by atoms with Crippen molar-refractivity contribution < 1.29 is 9.53 Å². The molecule has 136 valence electrons. The summed E-state index contributed by atoms with van der Waals surface area (Å²) in [6.07, 6.45) is 9.14. The summed E-state index contributed by atoms with van der Waals surface area (Å²) in [5, 5.41) is 3.21. The highest BCUT2D eigenvalue weighted by Gasteiger charge is 2.10. The normalized spacial score (nSPS) is 11.5. The molecule has 0 saturated carbocycles. The summed E-state index contributed by atoms with van der Waals surface area (Å²) in [4.78, 5) is 16.1. The third-order valence-electron chi connectivity index (χ3n) is 4.30. The molecule has 0 amide bonds. The number of nitrogens with one attached hydrogen (secondary N) is 1. The van der Waals surface area contributed by atoms with Crippen LogP contribution >= 0.6 is 0 Å². The molecule has 0 saturated heterocycles. The van der Waals surface area contributed by atoms with Gasteiger partial charge in [0.05, 0.1) is 18.1 Å². The summed E-state index contributed by atoms with van der Waals surface area (Å²) in [5.74, 6) is 0.798. The Morgan fingerprint density at radius 1 is 1.32 bits per heavy atom. The number of esters is 1. The predicted molar refractivity (Wildman–Crippen MR) is 103 cm³/mol. The van der Waals surface area contributed by atoms with E-state index in [1.165, 1.54) is 38.9 Å². The number of imidazole rings is 1. The van der Waals surface area contributed by atoms with Crippen molar-refractivity contribution >= 4 is 23.1 Å². The summed E-state index contributed by atoms with van der Waals surface area (Å²) < 4.78 is 6.95. The number of fused-ring (bicyclic) bond motifs is 1. The Hall–Kier alpha value is -2.14. The molecule has 1 N–H and O–H groups in total. The molecule has 25 heavy (non-hydrogen) atoms. The van der Waals surface area contributed by atoms with Crippen LogP contribution in [0.25, 0.3) is 17.1 Å². The smallest absolute Gasteiger partial charge is 0.330 e. The van der Waals surface area contributed by atoms with Crippen LogP contribution in [0.1, 0.15) is 44.0 Å². The molecule has 0 aliphatic heterocycles. The summed E-state index contributed by atoms with van der Waals surface area (Å²) in [7, 11) is 3.35. The summed E-state index contributed by atoms with van der Waals surface area (Å²) in [6, 6.07) is 6.13. The molecule has 0 aliphatic carbocycles. The second kappa shape index (κ2) is 9.99. The molecule has 2 rings (SSSR count). The third kappa shape index (κ3) is 5.43. The van der Waals surface area contributed by atoms with Crippen molar-refractivity contribution in [2.75, 3.05) is 20.7 Å². The van der Waals surface area contributed by atoms with E-state index in [1.807, 2.05) is 19.2 Å². The molecule has 1 aromatic carbocycles. The van der Waals surface area contributed by atoms with Gasteiger partial charge < -0.3 is 14.6 Å². The SMILES string of the molecule is CCCCCCc1nc2cc(/C=C/C(=O)OC)ccc2n1CCNC. The number of nitrogens with zero attached hydrogens (tertiary/aromatic N) is 2. The largest absolute Gasteiger partial charge is 0.466 e. The van der Waals surface area contributed by atoms with E-state index >= 15 is 0 Å². The van der Waals surface area contributed by atoms with Crippen LogP contribution in [0.5, 0.6) is 0 Å². The molecule has 5 nitrogen and oxygen atoms in total. The van der Waals surface area contributed by atoms with Crippen molar-refractivity contribution in [3.63, 3.8) is 0 Å². The number of hydrogen-bond acceptors (Lipinski definition) is 4. The number of hydrogen-bond donors (Lipinski definition) is 1. The van der Waals surface area contributed by atoms with Crippen LogP contribution in [0, 0.1) is 0 Å². The van der Waals surface area contributed by atoms with Crippen molar-refractivity contribution in [1.82, 2.24) is 14.9 Å². The number of rotatable bonds is 10. The van der Waals surface area contributed by atoms with E-state index in [4.69, 9.17) is 4.98 Å². The van der Waals surface area contributed by atoms with Crippen LogP contribution in [0.3, 0.4) is 0 Å². The number of ether oxygens (including phenoxy) is 1. The Morgan fingerprint density at radius 3 is 2.88 bits per heavy atom. The number of aromatic nitrogens is 2. The number of likely N-dealkylation sites (N-methyl/N-ethyl adjacent to an activating group) is 1. The van der Waals surface area contributed by atoms with Crippen molar-refractivity contribution in [3.8, 4) is 0 Å². The minimum Gasteiger partial charge on any atom is -0.466 e. The fraction of sp³-hybridized carbons (Fsp3) is 0.500. The molecule has 2 aromatic rings. The Bertz CT molecular complexity index is 719. The Kier molecular flexibility index (Phi) is 7.67. The van der Waals surface area contributed by atoms with Crippen molar-refractivity contribution in [1.29, 1.82) is 0 Å². The first-order valence-corrected chi connectivity index (χ1v) is 9.09. The van der Waals surface area contributed by atoms with Gasteiger partial charge in [-0.1, -0.05) is 32.3 Å². The standard InChI is InChI=1S/C20H29N3O2/c1-4-5-6-7-8-19-22-17-15-16(10-12-20(24)25-3)9-11-18(17)23(19)14-13-21-2/h9-12,15,21H,4-8,13-14H2,1-3H3/b12-10+. The molecular weight excluding hydrogens is 314 g/mol. The van der Waals surface area contributed by atoms with Crippen LogP contribution < -0.4 is 5.32 Å². The molecule has 5 heteroatoms. The first kappa shape index (κ1) is 19.2. The molecule has 0 bridgehead atoms. The van der Waals surface area contributed by atoms with Gasteiger partial charge in [-0.15, -0.1) is 0 Å². The minimum absolute atomic E-state index is 0.351. The van der Waals surface area contributed by atoms with Crippen LogP contribution in [0.4, 0.5) is 0 Å². The number of carbonyl (C=O) groups excluding carboxylic acids is 1. The van der Waals surface area contributed by atoms with E-state index in [1.54, 1.807) is 6.08 Å². The highest BCUT2D eigenvalue weighted by Crippen LogP contribution is 2.20. The highest BCUT2D eigenvalue weighted by atomic mass is 16.5. The monoisotopic (exact) mass is 343 g/mol. The van der Waals surface area contributed by atoms with Gasteiger partial charge in [0.2, 0.25) is 0 Å². The van der Waals surface area contributed by atoms with Gasteiger partial charge in [-0.2, -0.15) is 0 Å². The maximum absolute atomic E-state index is 11.3. The molecule has 0 aliphatic rings. The van der Waals surface area contributed by atoms with E-state index in [0.717, 1.165) is 41.9 Å². The number of carbonyl (C=O) groups is 1. The van der Waals surface area contributed by atoms with Gasteiger partial charge in [0, 0.05) is 25.6 Å². The second-order valence-corrected chi connectivity index (χ2v) is 6.20. The average Bonchev–Trinajstić information content (AvgIpc) is 2.98. The molecular formula is C20H29N3O2. The molecule has 1 aromatic heterocycles. The maximum atomic E-state index is 11.3. The van der Waals surface area contributed by atoms with Gasteiger partial charge in [0.1, 0.15) is 5.82 Å². The van der Waals surface area contributed by atoms with Crippen molar-refractivity contribution in [2.24, 2.45) is 0 Å². The first-order chi connectivity index (χ1) is 12.2. The molecule has 0 unspecified atom stereocenters. The van der Waals surface area contributed by atoms with E-state index < -0.39 is 0 Å². The van der Waals surface area contributed by atoms with Gasteiger partial charge >= 0.3 is 5.97 Å². The average molecular weight is 343 g/mol. The topological polar surface area (TPSA) is 56.1 Å². The zero-order chi connectivity index (χ0) is 18.1. The van der Waals surface area contributed by atoms with Crippen molar-refractivity contribution in [2.45, 2.75) is 45.6 Å². The highest BCUT2D eigenvalue weighted by molar-refractivity contribution is 5.88. The fourth-order valence-electron chi connectivity index (χ4n) is 2.91. The van der Waals surface area contributed by atoms with E-state index in [9.17, 15) is 4.79 Å². The second-order valence-electron chi connectivity index (χ2n) is 6.20. The Morgan fingerprint density at radius 2 is 2.16 bits per heavy atom. The number of unbranched alkanes of at least 4 members (excludes halogenated alkanes) is 3. The van der Waals surface area contributed by atoms with Gasteiger partial charge in [-0.05, 0) is 37.2 Å². The van der Waals surface area contributed by atoms with Gasteiger partial charge in [0.15, 0.2) is 0 Å². The summed E-state index contributed by atoms with van der Waals surface area (Å²) in [6.45, 7) is 4.05. The van der Waals surface area contributed by atoms with Crippen molar-refractivity contribution in [3.05, 3.63) is 35.7 Å². The van der Waals surface area contributed by atoms with Gasteiger partial charge in [0.25, 0.3) is 0 Å². The van der Waals surface area contributed by atoms with Crippen LogP contribution in [-0.4, -0.2) is 36.2 Å². The molecule has 0 atom stereocenters. The summed E-state index contributed by atoms with van der Waals surface area (Å²) >= 11 is 0. The fourth-order valence-corrected chi connectivity index (χ4v) is 2.91. The molecule has 1 heterocycles. The Labute approximate surface area is 150 Å². The lowest BCUT2D eigenvalue weighted by molar-refractivity contribution is -0.134. The van der Waals surface area contributed by atoms with Crippen LogP contribution in [-0.2, 0) is 22.5 Å². The maximum Gasteiger partial charge on any atom is 0.330 e. The van der Waals surface area contributed by atoms with Gasteiger partial charge in [-0.3, -0.25) is 0 Å². The molecule has 0 spiro atoms. The number of methoxy groups -OCH3 is 1. The van der Waals surface area contributed by atoms with Crippen LogP contribution in [0.15, 0.2) is 24.3 Å². The van der Waals surface area contributed by atoms with E-state index in [2.05, 4.69) is 27.6 Å². The van der Waals surface area contributed by atoms with Crippen LogP contribution in [0.2, 0.25) is 0 Å². The van der Waals surface area contributed by atoms with E-state index in [0.29, 0.717) is 0 Å². The summed E-state index contributed by atoms with van der Waals surface area (Å²) in [5.41, 5.74) is 3.08. The zero-order valence-corrected chi connectivity index (χ0v) is 15.5.